The number of aliphatic hydroxyl groups is 1. The van der Waals surface area contributed by atoms with E-state index in [-0.39, 0.29) is 24.3 Å². The number of hydrogen-bond acceptors (Lipinski definition) is 8. The maximum atomic E-state index is 12.3. The van der Waals surface area contributed by atoms with Crippen molar-refractivity contribution in [3.63, 3.8) is 0 Å². The van der Waals surface area contributed by atoms with Crippen LogP contribution < -0.4 is 4.90 Å². The van der Waals surface area contributed by atoms with Gasteiger partial charge < -0.3 is 19.5 Å². The van der Waals surface area contributed by atoms with E-state index in [1.54, 1.807) is 6.08 Å². The summed E-state index contributed by atoms with van der Waals surface area (Å²) in [6.45, 7) is -0.870. The van der Waals surface area contributed by atoms with Gasteiger partial charge in [0.25, 0.3) is 5.69 Å². The lowest BCUT2D eigenvalue weighted by molar-refractivity contribution is -0.384. The number of nitrogens with zero attached hydrogens (tertiary/aromatic N) is 2. The molecule has 2 aromatic carbocycles. The van der Waals surface area contributed by atoms with E-state index in [2.05, 4.69) is 0 Å². The molecule has 0 saturated carbocycles. The quantitative estimate of drug-likeness (QED) is 0.311. The SMILES string of the molecule is CN(C)c1ccc(/C=C2\CC(CO)(COC(=O)c3ccc([N+](=O)[O-])cc3)OC2=O)cc1. The minimum absolute atomic E-state index is 0.0747. The smallest absolute Gasteiger partial charge is 0.338 e. The number of nitro benzene ring substituents is 1. The third kappa shape index (κ3) is 5.07. The average Bonchev–Trinajstić information content (AvgIpc) is 3.08. The number of non-ortho nitro benzene ring substituents is 1. The van der Waals surface area contributed by atoms with Crippen molar-refractivity contribution in [3.8, 4) is 0 Å². The fourth-order valence-electron chi connectivity index (χ4n) is 3.11. The summed E-state index contributed by atoms with van der Waals surface area (Å²) < 4.78 is 10.6. The topological polar surface area (TPSA) is 119 Å². The monoisotopic (exact) mass is 426 g/mol. The van der Waals surface area contributed by atoms with Gasteiger partial charge in [0.2, 0.25) is 0 Å². The highest BCUT2D eigenvalue weighted by atomic mass is 16.6. The highest BCUT2D eigenvalue weighted by Crippen LogP contribution is 2.32. The molecule has 1 unspecified atom stereocenters. The third-order valence-electron chi connectivity index (χ3n) is 4.90. The number of cyclic esters (lactones) is 1. The number of aliphatic hydroxyl groups excluding tert-OH is 1. The Morgan fingerprint density at radius 2 is 1.87 bits per heavy atom. The first-order valence-corrected chi connectivity index (χ1v) is 9.47. The molecule has 1 atom stereocenters. The Hall–Kier alpha value is -3.72. The van der Waals surface area contributed by atoms with E-state index in [1.807, 2.05) is 43.3 Å². The van der Waals surface area contributed by atoms with Crippen molar-refractivity contribution in [3.05, 3.63) is 75.3 Å². The van der Waals surface area contributed by atoms with Crippen molar-refractivity contribution in [1.82, 2.24) is 0 Å². The van der Waals surface area contributed by atoms with Crippen molar-refractivity contribution >= 4 is 29.4 Å². The number of benzene rings is 2. The highest BCUT2D eigenvalue weighted by Gasteiger charge is 2.44. The van der Waals surface area contributed by atoms with Crippen LogP contribution in [0, 0.1) is 10.1 Å². The summed E-state index contributed by atoms with van der Waals surface area (Å²) in [4.78, 5) is 36.7. The Balaban J connectivity index is 1.68. The molecule has 1 N–H and O–H groups in total. The molecular weight excluding hydrogens is 404 g/mol. The average molecular weight is 426 g/mol. The van der Waals surface area contributed by atoms with Crippen LogP contribution in [0.3, 0.4) is 0 Å². The lowest BCUT2D eigenvalue weighted by Gasteiger charge is -2.24. The van der Waals surface area contributed by atoms with Gasteiger partial charge in [-0.1, -0.05) is 12.1 Å². The fourth-order valence-corrected chi connectivity index (χ4v) is 3.11. The van der Waals surface area contributed by atoms with Gasteiger partial charge in [-0.25, -0.2) is 9.59 Å². The van der Waals surface area contributed by atoms with Crippen molar-refractivity contribution in [1.29, 1.82) is 0 Å². The Kier molecular flexibility index (Phi) is 6.36. The first-order chi connectivity index (χ1) is 14.7. The van der Waals surface area contributed by atoms with Crippen LogP contribution in [0.25, 0.3) is 6.08 Å². The van der Waals surface area contributed by atoms with Crippen LogP contribution in [0.4, 0.5) is 11.4 Å². The predicted octanol–water partition coefficient (Wildman–Crippen LogP) is 2.58. The van der Waals surface area contributed by atoms with E-state index in [0.29, 0.717) is 5.57 Å². The van der Waals surface area contributed by atoms with Gasteiger partial charge in [-0.15, -0.1) is 0 Å². The lowest BCUT2D eigenvalue weighted by Crippen LogP contribution is -2.39. The Morgan fingerprint density at radius 1 is 1.23 bits per heavy atom. The summed E-state index contributed by atoms with van der Waals surface area (Å²) >= 11 is 0. The molecule has 3 rings (SSSR count). The van der Waals surface area contributed by atoms with Gasteiger partial charge >= 0.3 is 11.9 Å². The van der Waals surface area contributed by atoms with Crippen LogP contribution in [0.1, 0.15) is 22.3 Å². The molecule has 0 amide bonds. The molecule has 31 heavy (non-hydrogen) atoms. The highest BCUT2D eigenvalue weighted by molar-refractivity contribution is 5.96. The molecule has 1 heterocycles. The first-order valence-electron chi connectivity index (χ1n) is 9.47. The van der Waals surface area contributed by atoms with Crippen LogP contribution in [-0.2, 0) is 14.3 Å². The summed E-state index contributed by atoms with van der Waals surface area (Å²) in [5, 5.41) is 20.5. The minimum Gasteiger partial charge on any atom is -0.458 e. The summed E-state index contributed by atoms with van der Waals surface area (Å²) in [7, 11) is 3.85. The molecule has 9 heteroatoms. The molecule has 1 aliphatic heterocycles. The second-order valence-corrected chi connectivity index (χ2v) is 7.44. The molecule has 1 saturated heterocycles. The normalized spacial score (nSPS) is 19.2. The van der Waals surface area contributed by atoms with E-state index in [4.69, 9.17) is 9.47 Å². The number of esters is 2. The number of anilines is 1. The van der Waals surface area contributed by atoms with Crippen LogP contribution in [-0.4, -0.2) is 54.9 Å². The van der Waals surface area contributed by atoms with Gasteiger partial charge in [0.1, 0.15) is 6.61 Å². The molecule has 162 valence electrons. The second kappa shape index (κ2) is 8.97. The van der Waals surface area contributed by atoms with E-state index in [9.17, 15) is 24.8 Å². The Bertz CT molecular complexity index is 1010. The number of carbonyl (C=O) groups excluding carboxylic acids is 2. The van der Waals surface area contributed by atoms with Crippen LogP contribution in [0.15, 0.2) is 54.1 Å². The number of nitro groups is 1. The molecule has 0 bridgehead atoms. The standard InChI is InChI=1S/C22H22N2O7/c1-23(2)18-7-3-15(4-8-18)11-17-12-22(13-25,31-21(17)27)14-30-20(26)16-5-9-19(10-6-16)24(28)29/h3-11,25H,12-14H2,1-2H3/b17-11+. The van der Waals surface area contributed by atoms with Gasteiger partial charge in [0, 0.05) is 43.9 Å². The zero-order valence-electron chi connectivity index (χ0n) is 17.1. The molecule has 0 aromatic heterocycles. The summed E-state index contributed by atoms with van der Waals surface area (Å²) in [6.07, 6.45) is 1.75. The van der Waals surface area contributed by atoms with E-state index >= 15 is 0 Å². The summed E-state index contributed by atoms with van der Waals surface area (Å²) in [5.41, 5.74) is 0.760. The van der Waals surface area contributed by atoms with E-state index in [1.165, 1.54) is 24.3 Å². The van der Waals surface area contributed by atoms with Crippen molar-refractivity contribution < 1.29 is 29.1 Å². The number of hydrogen-bond donors (Lipinski definition) is 1. The van der Waals surface area contributed by atoms with Crippen molar-refractivity contribution in [2.45, 2.75) is 12.0 Å². The maximum Gasteiger partial charge on any atom is 0.338 e. The van der Waals surface area contributed by atoms with E-state index in [0.717, 1.165) is 11.3 Å². The van der Waals surface area contributed by atoms with Gasteiger partial charge in [0.15, 0.2) is 5.60 Å². The number of carbonyl (C=O) groups is 2. The van der Waals surface area contributed by atoms with E-state index < -0.39 is 29.1 Å². The maximum absolute atomic E-state index is 12.3. The van der Waals surface area contributed by atoms with Crippen LogP contribution in [0.5, 0.6) is 0 Å². The van der Waals surface area contributed by atoms with Gasteiger partial charge in [0.05, 0.1) is 17.1 Å². The Morgan fingerprint density at radius 3 is 2.42 bits per heavy atom. The second-order valence-electron chi connectivity index (χ2n) is 7.44. The van der Waals surface area contributed by atoms with Crippen molar-refractivity contribution in [2.75, 3.05) is 32.2 Å². The zero-order valence-corrected chi connectivity index (χ0v) is 17.1. The van der Waals surface area contributed by atoms with Gasteiger partial charge in [-0.05, 0) is 35.9 Å². The van der Waals surface area contributed by atoms with Crippen LogP contribution >= 0.6 is 0 Å². The summed E-state index contributed by atoms with van der Waals surface area (Å²) in [6, 6.07) is 12.5. The lowest BCUT2D eigenvalue weighted by atomic mass is 9.98. The molecule has 1 aliphatic rings. The third-order valence-corrected chi connectivity index (χ3v) is 4.90. The minimum atomic E-state index is -1.37. The molecule has 0 radical (unpaired) electrons. The Labute approximate surface area is 178 Å². The molecule has 0 aliphatic carbocycles. The first kappa shape index (κ1) is 22.0. The molecule has 0 spiro atoms. The largest absolute Gasteiger partial charge is 0.458 e. The molecule has 2 aromatic rings. The fraction of sp³-hybridized carbons (Fsp3) is 0.273. The molecular formula is C22H22N2O7. The van der Waals surface area contributed by atoms with Crippen molar-refractivity contribution in [2.24, 2.45) is 0 Å². The van der Waals surface area contributed by atoms with Crippen LogP contribution in [0.2, 0.25) is 0 Å². The molecule has 1 fully saturated rings. The number of rotatable bonds is 7. The van der Waals surface area contributed by atoms with Gasteiger partial charge in [-0.3, -0.25) is 10.1 Å². The van der Waals surface area contributed by atoms with Gasteiger partial charge in [-0.2, -0.15) is 0 Å². The zero-order chi connectivity index (χ0) is 22.6. The number of ether oxygens (including phenoxy) is 2. The molecule has 9 nitrogen and oxygen atoms in total. The predicted molar refractivity (Wildman–Crippen MR) is 113 cm³/mol. The summed E-state index contributed by atoms with van der Waals surface area (Å²) in [5.74, 6) is -1.33.